The number of carbonyl (C=O) groups is 4. The van der Waals surface area contributed by atoms with E-state index in [1.165, 1.54) is 87.8 Å². The average molecular weight is 1890 g/mol. The number of aromatic nitrogens is 4. The second-order valence-corrected chi connectivity index (χ2v) is 36.1. The molecule has 4 heterocycles. The van der Waals surface area contributed by atoms with E-state index in [1.807, 2.05) is 216 Å². The predicted molar refractivity (Wildman–Crippen MR) is 542 cm³/mol. The van der Waals surface area contributed by atoms with Crippen molar-refractivity contribution in [3.8, 4) is 79.0 Å². The molecule has 21 nitrogen and oxygen atoms in total. The van der Waals surface area contributed by atoms with Gasteiger partial charge in [0.2, 0.25) is 0 Å². The number of nitrogens with one attached hydrogen (secondary N) is 2. The van der Waals surface area contributed by atoms with Gasteiger partial charge in [-0.2, -0.15) is 0 Å². The van der Waals surface area contributed by atoms with Gasteiger partial charge in [0.25, 0.3) is 0 Å². The van der Waals surface area contributed by atoms with Crippen molar-refractivity contribution in [1.82, 2.24) is 23.6 Å². The fraction of sp³-hybridized carbons (Fsp3) is 0.276. The van der Waals surface area contributed by atoms with Crippen LogP contribution in [0.25, 0.3) is 88.1 Å². The number of methoxy groups -OCH3 is 1. The lowest BCUT2D eigenvalue weighted by molar-refractivity contribution is 0.0676. The maximum atomic E-state index is 13.5. The number of carboxylic acids is 4. The van der Waals surface area contributed by atoms with Gasteiger partial charge in [0, 0.05) is 123 Å². The third-order valence-electron chi connectivity index (χ3n) is 25.6. The molecule has 0 spiro atoms. The van der Waals surface area contributed by atoms with Crippen LogP contribution in [-0.2, 0) is 43.9 Å². The molecule has 0 radical (unpaired) electrons. The fourth-order valence-electron chi connectivity index (χ4n) is 17.9. The van der Waals surface area contributed by atoms with Gasteiger partial charge < -0.3 is 82.5 Å². The summed E-state index contributed by atoms with van der Waals surface area (Å²) in [5.41, 5.74) is 16.8. The van der Waals surface area contributed by atoms with Crippen LogP contribution >= 0.6 is 0 Å². The summed E-state index contributed by atoms with van der Waals surface area (Å²) in [6.45, 7) is 15.4. The molecule has 12 aromatic carbocycles. The number of anilines is 1. The van der Waals surface area contributed by atoms with Gasteiger partial charge in [-0.1, -0.05) is 116 Å². The molecule has 4 fully saturated rings. The van der Waals surface area contributed by atoms with Crippen molar-refractivity contribution in [1.29, 1.82) is 0 Å². The van der Waals surface area contributed by atoms with Crippen LogP contribution in [0.1, 0.15) is 161 Å². The van der Waals surface area contributed by atoms with Crippen molar-refractivity contribution < 1.29 is 85.9 Å². The zero-order chi connectivity index (χ0) is 97.5. The van der Waals surface area contributed by atoms with Crippen molar-refractivity contribution in [2.45, 2.75) is 131 Å². The maximum Gasteiger partial charge on any atom is 0.353 e. The molecule has 24 heteroatoms. The van der Waals surface area contributed by atoms with E-state index in [-0.39, 0.29) is 40.2 Å². The lowest BCUT2D eigenvalue weighted by atomic mass is 9.99. The number of ether oxygens (including phenoxy) is 7. The fourth-order valence-corrected chi connectivity index (χ4v) is 17.9. The number of carboxylic acid groups (broad SMARTS) is 4. The molecule has 0 atom stereocenters. The molecule has 20 rings (SSSR count). The van der Waals surface area contributed by atoms with Gasteiger partial charge in [0.15, 0.2) is 0 Å². The smallest absolute Gasteiger partial charge is 0.353 e. The molecule has 0 saturated heterocycles. The van der Waals surface area contributed by atoms with Crippen LogP contribution in [0.2, 0.25) is 0 Å². The van der Waals surface area contributed by atoms with Crippen LogP contribution in [0.4, 0.5) is 18.9 Å². The Balaban J connectivity index is 0.000000129. The molecule has 0 aliphatic heterocycles. The monoisotopic (exact) mass is 1890 g/mol. The van der Waals surface area contributed by atoms with E-state index in [9.17, 15) is 52.8 Å². The topological polar surface area (TPSA) is 258 Å². The molecule has 720 valence electrons. The first kappa shape index (κ1) is 96.7. The van der Waals surface area contributed by atoms with E-state index < -0.39 is 23.9 Å². The zero-order valence-electron chi connectivity index (χ0n) is 79.2. The quantitative estimate of drug-likeness (QED) is 0.0195. The SMILES string of the molecule is CCCOc1ccc2c(c1)c(-c1ccc(OCC3CC3)cc1)c(C(=O)O)n2Cc1cccc(OC)c1.CCOc1ccc(-c2c(C(=O)O)n(Cc3ccc(F)cc3)c3ccc(CCOCC4CC4)cc23)cc1.CCOc1ccc(-c2c(C(=O)O)n(Cc3ccc(F)cc3)c3ccc(CNC4CC4)cc23)cc1.CCOc1ccc(-c2c(C(=O)O)n(Cc3ccc(F)cc3)c3ccc(NCC4CC4)cc23)cc1. The second kappa shape index (κ2) is 44.6. The van der Waals surface area contributed by atoms with Crippen molar-refractivity contribution in [2.75, 3.05) is 65.2 Å². The number of benzene rings is 12. The summed E-state index contributed by atoms with van der Waals surface area (Å²) < 4.78 is 87.5. The molecular formula is C116H115F3N6O15. The number of hydrogen-bond donors (Lipinski definition) is 6. The lowest BCUT2D eigenvalue weighted by Gasteiger charge is -2.11. The minimum absolute atomic E-state index is 0.209. The third-order valence-corrected chi connectivity index (χ3v) is 25.6. The zero-order valence-corrected chi connectivity index (χ0v) is 79.2. The highest BCUT2D eigenvalue weighted by atomic mass is 19.1. The molecule has 4 saturated carbocycles. The minimum atomic E-state index is -1.01. The van der Waals surface area contributed by atoms with Crippen LogP contribution < -0.4 is 39.1 Å². The van der Waals surface area contributed by atoms with Crippen LogP contribution in [-0.4, -0.2) is 129 Å². The van der Waals surface area contributed by atoms with Crippen LogP contribution in [0.3, 0.4) is 0 Å². The maximum absolute atomic E-state index is 13.5. The number of aromatic carboxylic acids is 4. The molecule has 16 aromatic rings. The van der Waals surface area contributed by atoms with Crippen molar-refractivity contribution in [3.63, 3.8) is 0 Å². The Morgan fingerprint density at radius 3 is 1.11 bits per heavy atom. The van der Waals surface area contributed by atoms with E-state index in [2.05, 4.69) is 29.7 Å². The van der Waals surface area contributed by atoms with Crippen LogP contribution in [0, 0.1) is 35.2 Å². The third kappa shape index (κ3) is 23.7. The van der Waals surface area contributed by atoms with Crippen molar-refractivity contribution in [3.05, 3.63) is 341 Å². The number of fused-ring (bicyclic) bond motifs is 4. The Bertz CT molecular complexity index is 6850. The normalized spacial score (nSPS) is 13.2. The van der Waals surface area contributed by atoms with Gasteiger partial charge in [0.05, 0.1) is 46.8 Å². The molecular weight excluding hydrogens is 1770 g/mol. The highest BCUT2D eigenvalue weighted by Crippen LogP contribution is 2.45. The van der Waals surface area contributed by atoms with Gasteiger partial charge in [-0.3, -0.25) is 0 Å². The summed E-state index contributed by atoms with van der Waals surface area (Å²) in [5, 5.41) is 51.9. The van der Waals surface area contributed by atoms with Crippen LogP contribution in [0.5, 0.6) is 34.5 Å². The summed E-state index contributed by atoms with van der Waals surface area (Å²) in [6.07, 6.45) is 11.6. The number of nitrogens with zero attached hydrogens (tertiary/aromatic N) is 4. The van der Waals surface area contributed by atoms with E-state index in [0.29, 0.717) is 93.4 Å². The van der Waals surface area contributed by atoms with Crippen LogP contribution in [0.15, 0.2) is 267 Å². The molecule has 4 aromatic heterocycles. The van der Waals surface area contributed by atoms with Gasteiger partial charge in [-0.05, 0) is 316 Å². The standard InChI is InChI=1S/C30H30FNO4.C30H31NO5.2C28H27FN2O3/c1-2-36-25-12-8-23(9-13-25)28-26-17-20(15-16-35-19-22-3-4-22)7-14-27(26)32(29(28)30(33)34)18-21-5-10-24(31)11-6-21;1-3-15-35-25-13-14-27-26(17-25)28(22-9-11-23(12-10-22)36-19-20-7-8-20)29(30(32)33)31(27)18-21-5-4-6-24(16-21)34-2;1-2-34-23-12-6-20(7-13-23)26-24-15-19(16-30-22-10-11-22)5-14-25(24)31(27(26)28(32)33)17-18-3-8-21(29)9-4-18;1-2-34-23-12-7-20(8-13-23)26-24-15-22(30-16-18-3-4-18)11-14-25(24)31(27(26)28(32)33)17-19-5-9-21(29)10-6-19/h5-14,17,22H,2-4,15-16,18-19H2,1H3,(H,33,34);4-6,9-14,16-17,20H,3,7-8,15,18-19H2,1-2H3,(H,32,33);3-9,12-15,22,30H,2,10-11,16-17H2,1H3,(H,32,33);5-15,18,30H,2-4,16-17H2,1H3,(H,32,33). The summed E-state index contributed by atoms with van der Waals surface area (Å²) in [5.74, 6) is 1.64. The van der Waals surface area contributed by atoms with Crippen molar-refractivity contribution >= 4 is 73.2 Å². The Labute approximate surface area is 811 Å². The average Bonchev–Trinajstić information content (AvgIpc) is 1.62. The Kier molecular flexibility index (Phi) is 30.8. The molecule has 4 aliphatic rings. The summed E-state index contributed by atoms with van der Waals surface area (Å²) in [4.78, 5) is 50.5. The number of hydrogen-bond acceptors (Lipinski definition) is 13. The first-order valence-corrected chi connectivity index (χ1v) is 48.2. The summed E-state index contributed by atoms with van der Waals surface area (Å²) >= 11 is 0. The first-order valence-electron chi connectivity index (χ1n) is 48.2. The summed E-state index contributed by atoms with van der Waals surface area (Å²) in [6, 6.07) is 81.2. The van der Waals surface area contributed by atoms with E-state index in [0.717, 1.165) is 190 Å². The highest BCUT2D eigenvalue weighted by Gasteiger charge is 2.32. The Hall–Kier alpha value is -15.0. The molecule has 140 heavy (non-hydrogen) atoms. The van der Waals surface area contributed by atoms with Crippen molar-refractivity contribution in [2.24, 2.45) is 17.8 Å². The molecule has 0 unspecified atom stereocenters. The number of rotatable bonds is 40. The number of halogens is 3. The van der Waals surface area contributed by atoms with Gasteiger partial charge >= 0.3 is 23.9 Å². The van der Waals surface area contributed by atoms with E-state index >= 15 is 0 Å². The van der Waals surface area contributed by atoms with Gasteiger partial charge in [0.1, 0.15) is 74.7 Å². The molecule has 0 bridgehead atoms. The minimum Gasteiger partial charge on any atom is -0.497 e. The van der Waals surface area contributed by atoms with E-state index in [4.69, 9.17) is 33.2 Å². The first-order chi connectivity index (χ1) is 68.2. The molecule has 0 amide bonds. The van der Waals surface area contributed by atoms with Gasteiger partial charge in [-0.15, -0.1) is 0 Å². The predicted octanol–water partition coefficient (Wildman–Crippen LogP) is 25.5. The summed E-state index contributed by atoms with van der Waals surface area (Å²) in [7, 11) is 1.63. The lowest BCUT2D eigenvalue weighted by Crippen LogP contribution is -2.15. The Morgan fingerprint density at radius 2 is 0.707 bits per heavy atom. The van der Waals surface area contributed by atoms with E-state index in [1.54, 1.807) is 48.1 Å². The largest absolute Gasteiger partial charge is 0.497 e. The Morgan fingerprint density at radius 1 is 0.343 bits per heavy atom. The second-order valence-electron chi connectivity index (χ2n) is 36.1. The molecule has 4 aliphatic carbocycles. The van der Waals surface area contributed by atoms with Gasteiger partial charge in [-0.25, -0.2) is 32.3 Å². The highest BCUT2D eigenvalue weighted by molar-refractivity contribution is 6.12. The molecule has 6 N–H and O–H groups in total.